The predicted molar refractivity (Wildman–Crippen MR) is 106 cm³/mol. The molecule has 0 bridgehead atoms. The smallest absolute Gasteiger partial charge is 0.324 e. The molecule has 5 nitrogen and oxygen atoms in total. The van der Waals surface area contributed by atoms with Gasteiger partial charge in [-0.1, -0.05) is 42.5 Å². The lowest BCUT2D eigenvalue weighted by molar-refractivity contribution is 0.214. The zero-order chi connectivity index (χ0) is 17.9. The van der Waals surface area contributed by atoms with Crippen LogP contribution >= 0.6 is 0 Å². The summed E-state index contributed by atoms with van der Waals surface area (Å²) in [5, 5.41) is 3.28. The molecular weight excluding hydrogens is 324 g/mol. The second kappa shape index (κ2) is 7.38. The van der Waals surface area contributed by atoms with E-state index in [4.69, 9.17) is 0 Å². The van der Waals surface area contributed by atoms with Gasteiger partial charge in [0.2, 0.25) is 0 Å². The maximum Gasteiger partial charge on any atom is 0.324 e. The quantitative estimate of drug-likeness (QED) is 0.925. The van der Waals surface area contributed by atoms with Gasteiger partial charge in [-0.05, 0) is 31.2 Å². The zero-order valence-corrected chi connectivity index (χ0v) is 15.3. The molecule has 1 fully saturated rings. The van der Waals surface area contributed by atoms with Crippen molar-refractivity contribution in [3.05, 3.63) is 60.2 Å². The number of hydrogen-bond acceptors (Lipinski definition) is 3. The van der Waals surface area contributed by atoms with Gasteiger partial charge in [0.25, 0.3) is 0 Å². The van der Waals surface area contributed by atoms with Gasteiger partial charge in [-0.15, -0.1) is 0 Å². The van der Waals surface area contributed by atoms with E-state index in [1.165, 1.54) is 5.56 Å². The maximum atomic E-state index is 13.1. The number of urea groups is 1. The number of carbonyl (C=O) groups excluding carboxylic acids is 1. The molecule has 0 spiro atoms. The van der Waals surface area contributed by atoms with E-state index in [1.807, 2.05) is 29.0 Å². The number of carbonyl (C=O) groups is 1. The van der Waals surface area contributed by atoms with Gasteiger partial charge in [0.15, 0.2) is 0 Å². The number of benzene rings is 2. The SMILES string of the molecule is CN[C@H]1CCN(C(=O)N2CCN(Cc3ccccc3)c3ccccc32)C1. The summed E-state index contributed by atoms with van der Waals surface area (Å²) < 4.78 is 0. The first kappa shape index (κ1) is 16.9. The van der Waals surface area contributed by atoms with E-state index >= 15 is 0 Å². The second-order valence-electron chi connectivity index (χ2n) is 7.05. The topological polar surface area (TPSA) is 38.8 Å². The minimum absolute atomic E-state index is 0.134. The Morgan fingerprint density at radius 1 is 1.00 bits per heavy atom. The lowest BCUT2D eigenvalue weighted by Crippen LogP contribution is -2.49. The van der Waals surface area contributed by atoms with Gasteiger partial charge in [0, 0.05) is 38.8 Å². The van der Waals surface area contributed by atoms with Crippen LogP contribution in [-0.2, 0) is 6.54 Å². The van der Waals surface area contributed by atoms with Gasteiger partial charge >= 0.3 is 6.03 Å². The van der Waals surface area contributed by atoms with Crippen LogP contribution in [0.5, 0.6) is 0 Å². The van der Waals surface area contributed by atoms with Crippen LogP contribution in [-0.4, -0.2) is 50.2 Å². The van der Waals surface area contributed by atoms with E-state index in [2.05, 4.69) is 52.7 Å². The molecular formula is C21H26N4O. The number of likely N-dealkylation sites (N-methyl/N-ethyl adjacent to an activating group) is 1. The molecule has 0 aromatic heterocycles. The summed E-state index contributed by atoms with van der Waals surface area (Å²) in [6, 6.07) is 19.3. The number of anilines is 2. The van der Waals surface area contributed by atoms with Gasteiger partial charge in [-0.3, -0.25) is 4.90 Å². The van der Waals surface area contributed by atoms with Crippen LogP contribution in [0, 0.1) is 0 Å². The molecule has 5 heteroatoms. The van der Waals surface area contributed by atoms with E-state index < -0.39 is 0 Å². The first-order valence-electron chi connectivity index (χ1n) is 9.38. The van der Waals surface area contributed by atoms with Crippen molar-refractivity contribution in [3.63, 3.8) is 0 Å². The average Bonchev–Trinajstić information content (AvgIpc) is 3.18. The van der Waals surface area contributed by atoms with Crippen molar-refractivity contribution in [2.75, 3.05) is 43.0 Å². The minimum atomic E-state index is 0.134. The van der Waals surface area contributed by atoms with Crippen molar-refractivity contribution in [1.82, 2.24) is 10.2 Å². The summed E-state index contributed by atoms with van der Waals surface area (Å²) >= 11 is 0. The standard InChI is InChI=1S/C21H26N4O/c1-22-18-11-12-24(16-18)21(26)25-14-13-23(15-17-7-3-2-4-8-17)19-9-5-6-10-20(19)25/h2-10,18,22H,11-16H2,1H3/t18-/m0/s1. The van der Waals surface area contributed by atoms with Crippen molar-refractivity contribution in [2.45, 2.75) is 19.0 Å². The molecule has 2 aromatic carbocycles. The molecule has 2 heterocycles. The largest absolute Gasteiger partial charge is 0.364 e. The number of nitrogens with zero attached hydrogens (tertiary/aromatic N) is 3. The molecule has 1 N–H and O–H groups in total. The first-order valence-corrected chi connectivity index (χ1v) is 9.38. The molecule has 26 heavy (non-hydrogen) atoms. The van der Waals surface area contributed by atoms with E-state index in [1.54, 1.807) is 0 Å². The molecule has 0 aliphatic carbocycles. The van der Waals surface area contributed by atoms with Crippen LogP contribution in [0.4, 0.5) is 16.2 Å². The first-order chi connectivity index (χ1) is 12.8. The fraction of sp³-hybridized carbons (Fsp3) is 0.381. The van der Waals surface area contributed by atoms with E-state index in [0.717, 1.165) is 50.5 Å². The Bertz CT molecular complexity index is 764. The molecule has 136 valence electrons. The number of likely N-dealkylation sites (tertiary alicyclic amines) is 1. The summed E-state index contributed by atoms with van der Waals surface area (Å²) in [6.07, 6.45) is 1.03. The van der Waals surface area contributed by atoms with E-state index in [-0.39, 0.29) is 6.03 Å². The number of rotatable bonds is 3. The van der Waals surface area contributed by atoms with Crippen LogP contribution < -0.4 is 15.1 Å². The summed E-state index contributed by atoms with van der Waals surface area (Å²) in [4.78, 5) is 19.4. The maximum absolute atomic E-state index is 13.1. The Hall–Kier alpha value is -2.53. The van der Waals surface area contributed by atoms with Crippen LogP contribution in [0.3, 0.4) is 0 Å². The van der Waals surface area contributed by atoms with Crippen molar-refractivity contribution in [2.24, 2.45) is 0 Å². The van der Waals surface area contributed by atoms with Gasteiger partial charge < -0.3 is 15.1 Å². The summed E-state index contributed by atoms with van der Waals surface area (Å²) in [7, 11) is 1.97. The predicted octanol–water partition coefficient (Wildman–Crippen LogP) is 2.93. The number of hydrogen-bond donors (Lipinski definition) is 1. The Balaban J connectivity index is 1.55. The number of amides is 2. The number of para-hydroxylation sites is 2. The third-order valence-corrected chi connectivity index (χ3v) is 5.42. The Kier molecular flexibility index (Phi) is 4.80. The highest BCUT2D eigenvalue weighted by atomic mass is 16.2. The Morgan fingerprint density at radius 2 is 1.73 bits per heavy atom. The van der Waals surface area contributed by atoms with E-state index in [0.29, 0.717) is 6.04 Å². The summed E-state index contributed by atoms with van der Waals surface area (Å²) in [5.74, 6) is 0. The normalized spacial score (nSPS) is 19.6. The van der Waals surface area contributed by atoms with Crippen LogP contribution in [0.25, 0.3) is 0 Å². The highest BCUT2D eigenvalue weighted by Gasteiger charge is 2.32. The molecule has 0 saturated carbocycles. The lowest BCUT2D eigenvalue weighted by atomic mass is 10.1. The molecule has 2 amide bonds. The van der Waals surface area contributed by atoms with Crippen molar-refractivity contribution >= 4 is 17.4 Å². The third kappa shape index (κ3) is 3.27. The van der Waals surface area contributed by atoms with Gasteiger partial charge in [0.05, 0.1) is 11.4 Å². The monoisotopic (exact) mass is 350 g/mol. The van der Waals surface area contributed by atoms with Crippen LogP contribution in [0.2, 0.25) is 0 Å². The summed E-state index contributed by atoms with van der Waals surface area (Å²) in [5.41, 5.74) is 3.45. The lowest BCUT2D eigenvalue weighted by Gasteiger charge is -2.39. The van der Waals surface area contributed by atoms with Gasteiger partial charge in [-0.25, -0.2) is 4.79 Å². The molecule has 2 aliphatic heterocycles. The molecule has 0 unspecified atom stereocenters. The minimum Gasteiger partial charge on any atom is -0.364 e. The fourth-order valence-electron chi connectivity index (χ4n) is 3.93. The van der Waals surface area contributed by atoms with Gasteiger partial charge in [-0.2, -0.15) is 0 Å². The van der Waals surface area contributed by atoms with Crippen LogP contribution in [0.15, 0.2) is 54.6 Å². The molecule has 0 radical (unpaired) electrons. The Labute approximate surface area is 155 Å². The molecule has 2 aromatic rings. The van der Waals surface area contributed by atoms with Crippen molar-refractivity contribution < 1.29 is 4.79 Å². The average molecular weight is 350 g/mol. The van der Waals surface area contributed by atoms with E-state index in [9.17, 15) is 4.79 Å². The van der Waals surface area contributed by atoms with Crippen LogP contribution in [0.1, 0.15) is 12.0 Å². The molecule has 4 rings (SSSR count). The third-order valence-electron chi connectivity index (χ3n) is 5.42. The molecule has 1 atom stereocenters. The summed E-state index contributed by atoms with van der Waals surface area (Å²) in [6.45, 7) is 4.06. The highest BCUT2D eigenvalue weighted by molar-refractivity contribution is 5.97. The number of nitrogens with one attached hydrogen (secondary N) is 1. The van der Waals surface area contributed by atoms with Gasteiger partial charge in [0.1, 0.15) is 0 Å². The Morgan fingerprint density at radius 3 is 2.46 bits per heavy atom. The van der Waals surface area contributed by atoms with Crippen molar-refractivity contribution in [3.8, 4) is 0 Å². The highest BCUT2D eigenvalue weighted by Crippen LogP contribution is 2.34. The van der Waals surface area contributed by atoms with Crippen molar-refractivity contribution in [1.29, 1.82) is 0 Å². The zero-order valence-electron chi connectivity index (χ0n) is 15.3. The molecule has 1 saturated heterocycles. The fourth-order valence-corrected chi connectivity index (χ4v) is 3.93. The molecule has 2 aliphatic rings. The number of fused-ring (bicyclic) bond motifs is 1. The second-order valence-corrected chi connectivity index (χ2v) is 7.05.